The Labute approximate surface area is 76.2 Å². The van der Waals surface area contributed by atoms with Crippen LogP contribution in [0.1, 0.15) is 5.69 Å². The van der Waals surface area contributed by atoms with Gasteiger partial charge in [0.15, 0.2) is 0 Å². The third-order valence-electron chi connectivity index (χ3n) is 2.01. The zero-order valence-electron chi connectivity index (χ0n) is 7.60. The number of aryl methyl sites for hydroxylation is 1. The van der Waals surface area contributed by atoms with E-state index >= 15 is 0 Å². The van der Waals surface area contributed by atoms with E-state index in [9.17, 15) is 0 Å². The van der Waals surface area contributed by atoms with E-state index in [1.807, 2.05) is 32.2 Å². The summed E-state index contributed by atoms with van der Waals surface area (Å²) in [6.45, 7) is 1.98. The number of hydrogen-bond acceptors (Lipinski definition) is 3. The maximum absolute atomic E-state index is 4.21. The fourth-order valence-electron chi connectivity index (χ4n) is 1.14. The van der Waals surface area contributed by atoms with E-state index in [0.29, 0.717) is 0 Å². The molecule has 0 saturated heterocycles. The van der Waals surface area contributed by atoms with Gasteiger partial charge in [0.2, 0.25) is 0 Å². The third-order valence-corrected chi connectivity index (χ3v) is 2.01. The van der Waals surface area contributed by atoms with Crippen molar-refractivity contribution in [3.63, 3.8) is 0 Å². The van der Waals surface area contributed by atoms with Crippen LogP contribution in [0.3, 0.4) is 0 Å². The predicted molar refractivity (Wildman–Crippen MR) is 49.0 cm³/mol. The molecule has 0 saturated carbocycles. The summed E-state index contributed by atoms with van der Waals surface area (Å²) in [5.41, 5.74) is 2.75. The molecule has 4 heteroatoms. The fourth-order valence-corrected chi connectivity index (χ4v) is 1.14. The molecule has 2 aromatic heterocycles. The van der Waals surface area contributed by atoms with Gasteiger partial charge in [0.05, 0.1) is 11.4 Å². The standard InChI is InChI=1S/C9H10N4/c1-7-9(11-12-13(7)2)8-5-3-4-6-10-8/h3-6H,1-2H3. The molecule has 0 aliphatic rings. The van der Waals surface area contributed by atoms with Crippen molar-refractivity contribution >= 4 is 0 Å². The first kappa shape index (κ1) is 7.91. The van der Waals surface area contributed by atoms with Crippen molar-refractivity contribution < 1.29 is 0 Å². The van der Waals surface area contributed by atoms with Gasteiger partial charge in [0.1, 0.15) is 5.69 Å². The predicted octanol–water partition coefficient (Wildman–Crippen LogP) is 1.19. The van der Waals surface area contributed by atoms with E-state index in [1.165, 1.54) is 0 Å². The lowest BCUT2D eigenvalue weighted by molar-refractivity contribution is 0.696. The Kier molecular flexibility index (Phi) is 1.81. The van der Waals surface area contributed by atoms with Gasteiger partial charge in [-0.2, -0.15) is 0 Å². The molecule has 0 aromatic carbocycles. The summed E-state index contributed by atoms with van der Waals surface area (Å²) in [7, 11) is 1.87. The van der Waals surface area contributed by atoms with Crippen LogP contribution in [-0.4, -0.2) is 20.0 Å². The minimum atomic E-state index is 0.850. The Morgan fingerprint density at radius 1 is 1.31 bits per heavy atom. The smallest absolute Gasteiger partial charge is 0.134 e. The lowest BCUT2D eigenvalue weighted by atomic mass is 10.2. The van der Waals surface area contributed by atoms with E-state index in [0.717, 1.165) is 17.1 Å². The lowest BCUT2D eigenvalue weighted by Gasteiger charge is -1.95. The summed E-state index contributed by atoms with van der Waals surface area (Å²) in [4.78, 5) is 4.21. The average Bonchev–Trinajstić information content (AvgIpc) is 2.49. The van der Waals surface area contributed by atoms with E-state index in [2.05, 4.69) is 15.3 Å². The van der Waals surface area contributed by atoms with Crippen molar-refractivity contribution in [3.05, 3.63) is 30.1 Å². The molecule has 0 N–H and O–H groups in total. The number of rotatable bonds is 1. The first-order chi connectivity index (χ1) is 6.29. The molecule has 0 fully saturated rings. The monoisotopic (exact) mass is 174 g/mol. The van der Waals surface area contributed by atoms with Gasteiger partial charge in [0.25, 0.3) is 0 Å². The first-order valence-electron chi connectivity index (χ1n) is 4.06. The van der Waals surface area contributed by atoms with Crippen LogP contribution in [0.5, 0.6) is 0 Å². The normalized spacial score (nSPS) is 10.3. The van der Waals surface area contributed by atoms with Gasteiger partial charge in [0, 0.05) is 13.2 Å². The fraction of sp³-hybridized carbons (Fsp3) is 0.222. The minimum Gasteiger partial charge on any atom is -0.254 e. The number of hydrogen-bond donors (Lipinski definition) is 0. The number of aromatic nitrogens is 4. The Hall–Kier alpha value is -1.71. The van der Waals surface area contributed by atoms with Gasteiger partial charge in [-0.3, -0.25) is 9.67 Å². The van der Waals surface area contributed by atoms with E-state index < -0.39 is 0 Å². The summed E-state index contributed by atoms with van der Waals surface area (Å²) >= 11 is 0. The molecule has 13 heavy (non-hydrogen) atoms. The third kappa shape index (κ3) is 1.30. The molecule has 0 radical (unpaired) electrons. The van der Waals surface area contributed by atoms with Crippen molar-refractivity contribution in [1.29, 1.82) is 0 Å². The van der Waals surface area contributed by atoms with E-state index in [4.69, 9.17) is 0 Å². The molecule has 66 valence electrons. The second-order valence-corrected chi connectivity index (χ2v) is 2.86. The Balaban J connectivity index is 2.53. The van der Waals surface area contributed by atoms with Crippen molar-refractivity contribution in [2.45, 2.75) is 6.92 Å². The van der Waals surface area contributed by atoms with Crippen molar-refractivity contribution in [3.8, 4) is 11.4 Å². The summed E-state index contributed by atoms with van der Waals surface area (Å²) in [5, 5.41) is 7.96. The van der Waals surface area contributed by atoms with Gasteiger partial charge in [-0.1, -0.05) is 11.3 Å². The van der Waals surface area contributed by atoms with Crippen LogP contribution >= 0.6 is 0 Å². The molecule has 0 amide bonds. The van der Waals surface area contributed by atoms with Crippen LogP contribution in [-0.2, 0) is 7.05 Å². The zero-order valence-corrected chi connectivity index (χ0v) is 7.60. The Morgan fingerprint density at radius 3 is 2.69 bits per heavy atom. The zero-order chi connectivity index (χ0) is 9.26. The van der Waals surface area contributed by atoms with E-state index in [-0.39, 0.29) is 0 Å². The Bertz CT molecular complexity index is 405. The topological polar surface area (TPSA) is 43.6 Å². The van der Waals surface area contributed by atoms with E-state index in [1.54, 1.807) is 10.9 Å². The highest BCUT2D eigenvalue weighted by molar-refractivity contribution is 5.55. The first-order valence-corrected chi connectivity index (χ1v) is 4.06. The highest BCUT2D eigenvalue weighted by atomic mass is 15.4. The summed E-state index contributed by atoms with van der Waals surface area (Å²) in [6, 6.07) is 5.75. The van der Waals surface area contributed by atoms with Crippen LogP contribution in [0.15, 0.2) is 24.4 Å². The molecule has 0 atom stereocenters. The molecule has 2 heterocycles. The molecule has 2 aromatic rings. The van der Waals surface area contributed by atoms with Gasteiger partial charge in [-0.25, -0.2) is 0 Å². The van der Waals surface area contributed by atoms with Crippen molar-refractivity contribution in [2.24, 2.45) is 7.05 Å². The highest BCUT2D eigenvalue weighted by Gasteiger charge is 2.08. The molecule has 0 aliphatic carbocycles. The van der Waals surface area contributed by atoms with Gasteiger partial charge < -0.3 is 0 Å². The van der Waals surface area contributed by atoms with Crippen LogP contribution in [0.4, 0.5) is 0 Å². The molecule has 0 bridgehead atoms. The molecule has 4 nitrogen and oxygen atoms in total. The molecule has 0 aliphatic heterocycles. The minimum absolute atomic E-state index is 0.850. The van der Waals surface area contributed by atoms with Crippen LogP contribution in [0, 0.1) is 6.92 Å². The molecule has 0 spiro atoms. The van der Waals surface area contributed by atoms with Gasteiger partial charge in [-0.15, -0.1) is 5.10 Å². The second kappa shape index (κ2) is 2.97. The number of pyridine rings is 1. The van der Waals surface area contributed by atoms with Crippen LogP contribution < -0.4 is 0 Å². The van der Waals surface area contributed by atoms with Gasteiger partial charge >= 0.3 is 0 Å². The highest BCUT2D eigenvalue weighted by Crippen LogP contribution is 2.16. The second-order valence-electron chi connectivity index (χ2n) is 2.86. The largest absolute Gasteiger partial charge is 0.254 e. The summed E-state index contributed by atoms with van der Waals surface area (Å²) in [5.74, 6) is 0. The average molecular weight is 174 g/mol. The molecule has 0 unspecified atom stereocenters. The molecular formula is C9H10N4. The summed E-state index contributed by atoms with van der Waals surface area (Å²) in [6.07, 6.45) is 1.75. The number of nitrogens with zero attached hydrogens (tertiary/aromatic N) is 4. The summed E-state index contributed by atoms with van der Waals surface area (Å²) < 4.78 is 1.74. The maximum atomic E-state index is 4.21. The van der Waals surface area contributed by atoms with Crippen molar-refractivity contribution in [2.75, 3.05) is 0 Å². The van der Waals surface area contributed by atoms with Crippen molar-refractivity contribution in [1.82, 2.24) is 20.0 Å². The molecular weight excluding hydrogens is 164 g/mol. The van der Waals surface area contributed by atoms with Crippen LogP contribution in [0.2, 0.25) is 0 Å². The SMILES string of the molecule is Cc1c(-c2ccccn2)nnn1C. The maximum Gasteiger partial charge on any atom is 0.134 e. The quantitative estimate of drug-likeness (QED) is 0.652. The van der Waals surface area contributed by atoms with Crippen LogP contribution in [0.25, 0.3) is 11.4 Å². The van der Waals surface area contributed by atoms with Gasteiger partial charge in [-0.05, 0) is 19.1 Å². The molecule has 2 rings (SSSR count). The lowest BCUT2D eigenvalue weighted by Crippen LogP contribution is -1.92. The Morgan fingerprint density at radius 2 is 2.15 bits per heavy atom.